The standard InChI is InChI=1S/C12H9BrFNO3/c1-5-3-8(13)9(14)6-4-7(12(16)17)11(18-2)15-10(5)6/h3-4H,1-2H3,(H,16,17). The van der Waals surface area contributed by atoms with Gasteiger partial charge in [0.1, 0.15) is 11.4 Å². The van der Waals surface area contributed by atoms with Crippen LogP contribution in [-0.4, -0.2) is 23.2 Å². The number of aromatic nitrogens is 1. The lowest BCUT2D eigenvalue weighted by Gasteiger charge is -2.09. The average molecular weight is 314 g/mol. The number of aryl methyl sites for hydroxylation is 1. The van der Waals surface area contributed by atoms with Crippen molar-refractivity contribution in [2.24, 2.45) is 0 Å². The zero-order valence-electron chi connectivity index (χ0n) is 9.62. The van der Waals surface area contributed by atoms with Gasteiger partial charge in [0.15, 0.2) is 0 Å². The first-order valence-corrected chi connectivity index (χ1v) is 5.81. The van der Waals surface area contributed by atoms with E-state index in [1.807, 2.05) is 0 Å². The van der Waals surface area contributed by atoms with Crippen molar-refractivity contribution in [3.05, 3.63) is 33.5 Å². The molecule has 0 saturated heterocycles. The number of pyridine rings is 1. The molecule has 0 saturated carbocycles. The Kier molecular flexibility index (Phi) is 3.21. The Balaban J connectivity index is 2.92. The highest BCUT2D eigenvalue weighted by atomic mass is 79.9. The SMILES string of the molecule is COc1nc2c(C)cc(Br)c(F)c2cc1C(=O)O. The third-order valence-electron chi connectivity index (χ3n) is 2.57. The second-order valence-electron chi connectivity index (χ2n) is 3.74. The fraction of sp³-hybridized carbons (Fsp3) is 0.167. The van der Waals surface area contributed by atoms with Crippen molar-refractivity contribution in [1.82, 2.24) is 4.98 Å². The minimum atomic E-state index is -1.21. The highest BCUT2D eigenvalue weighted by Crippen LogP contribution is 2.30. The molecule has 0 spiro atoms. The summed E-state index contributed by atoms with van der Waals surface area (Å²) in [6.07, 6.45) is 0. The average Bonchev–Trinajstić information content (AvgIpc) is 2.34. The fourth-order valence-electron chi connectivity index (χ4n) is 1.72. The number of rotatable bonds is 2. The highest BCUT2D eigenvalue weighted by molar-refractivity contribution is 9.10. The van der Waals surface area contributed by atoms with E-state index < -0.39 is 11.8 Å². The van der Waals surface area contributed by atoms with Crippen molar-refractivity contribution in [2.75, 3.05) is 7.11 Å². The predicted octanol–water partition coefficient (Wildman–Crippen LogP) is 3.15. The van der Waals surface area contributed by atoms with Crippen LogP contribution in [0, 0.1) is 12.7 Å². The van der Waals surface area contributed by atoms with Crippen LogP contribution < -0.4 is 4.74 Å². The topological polar surface area (TPSA) is 59.4 Å². The van der Waals surface area contributed by atoms with Gasteiger partial charge in [0.05, 0.1) is 17.1 Å². The van der Waals surface area contributed by atoms with Crippen LogP contribution in [0.1, 0.15) is 15.9 Å². The second kappa shape index (κ2) is 4.53. The molecular weight excluding hydrogens is 305 g/mol. The van der Waals surface area contributed by atoms with Crippen LogP contribution in [0.2, 0.25) is 0 Å². The zero-order valence-corrected chi connectivity index (χ0v) is 11.2. The molecule has 0 fully saturated rings. The molecule has 18 heavy (non-hydrogen) atoms. The molecule has 0 atom stereocenters. The Labute approximate surface area is 111 Å². The van der Waals surface area contributed by atoms with Crippen molar-refractivity contribution in [1.29, 1.82) is 0 Å². The number of carboxylic acids is 1. The van der Waals surface area contributed by atoms with E-state index in [0.717, 1.165) is 5.56 Å². The molecule has 1 heterocycles. The first kappa shape index (κ1) is 12.8. The van der Waals surface area contributed by atoms with E-state index in [1.54, 1.807) is 13.0 Å². The van der Waals surface area contributed by atoms with Gasteiger partial charge >= 0.3 is 5.97 Å². The van der Waals surface area contributed by atoms with E-state index in [4.69, 9.17) is 9.84 Å². The molecular formula is C12H9BrFNO3. The minimum absolute atomic E-state index is 0.0279. The lowest BCUT2D eigenvalue weighted by Crippen LogP contribution is -2.04. The van der Waals surface area contributed by atoms with Gasteiger partial charge in [0.25, 0.3) is 0 Å². The quantitative estimate of drug-likeness (QED) is 0.925. The molecule has 0 aliphatic heterocycles. The van der Waals surface area contributed by atoms with Crippen LogP contribution >= 0.6 is 15.9 Å². The van der Waals surface area contributed by atoms with Gasteiger partial charge in [-0.05, 0) is 40.5 Å². The molecule has 94 valence electrons. The predicted molar refractivity (Wildman–Crippen MR) is 67.6 cm³/mol. The van der Waals surface area contributed by atoms with Gasteiger partial charge in [-0.25, -0.2) is 14.2 Å². The van der Waals surface area contributed by atoms with E-state index in [-0.39, 0.29) is 21.3 Å². The van der Waals surface area contributed by atoms with Gasteiger partial charge in [-0.1, -0.05) is 0 Å². The second-order valence-corrected chi connectivity index (χ2v) is 4.59. The van der Waals surface area contributed by atoms with Crippen molar-refractivity contribution in [3.63, 3.8) is 0 Å². The molecule has 2 aromatic rings. The Morgan fingerprint density at radius 1 is 1.50 bits per heavy atom. The third kappa shape index (κ3) is 1.92. The smallest absolute Gasteiger partial charge is 0.341 e. The van der Waals surface area contributed by atoms with Crippen molar-refractivity contribution < 1.29 is 19.0 Å². The normalized spacial score (nSPS) is 10.7. The summed E-state index contributed by atoms with van der Waals surface area (Å²) in [5.74, 6) is -1.77. The Morgan fingerprint density at radius 2 is 2.17 bits per heavy atom. The molecule has 4 nitrogen and oxygen atoms in total. The number of benzene rings is 1. The summed E-state index contributed by atoms with van der Waals surface area (Å²) < 4.78 is 19.1. The summed E-state index contributed by atoms with van der Waals surface area (Å²) in [6.45, 7) is 1.76. The first-order valence-electron chi connectivity index (χ1n) is 5.02. The van der Waals surface area contributed by atoms with Gasteiger partial charge in [-0.3, -0.25) is 0 Å². The fourth-order valence-corrected chi connectivity index (χ4v) is 2.28. The number of ether oxygens (including phenoxy) is 1. The molecule has 1 aromatic heterocycles. The summed E-state index contributed by atoms with van der Waals surface area (Å²) in [4.78, 5) is 15.1. The number of hydrogen-bond acceptors (Lipinski definition) is 3. The molecule has 0 amide bonds. The van der Waals surface area contributed by atoms with E-state index in [1.165, 1.54) is 13.2 Å². The summed E-state index contributed by atoms with van der Waals surface area (Å²) in [5.41, 5.74) is 0.951. The molecule has 0 bridgehead atoms. The summed E-state index contributed by atoms with van der Waals surface area (Å²) >= 11 is 3.08. The number of fused-ring (bicyclic) bond motifs is 1. The maximum atomic E-state index is 13.9. The monoisotopic (exact) mass is 313 g/mol. The molecule has 1 N–H and O–H groups in total. The molecule has 1 aromatic carbocycles. The lowest BCUT2D eigenvalue weighted by atomic mass is 10.1. The number of carboxylic acid groups (broad SMARTS) is 1. The van der Waals surface area contributed by atoms with Gasteiger partial charge in [-0.2, -0.15) is 0 Å². The Hall–Kier alpha value is -1.69. The minimum Gasteiger partial charge on any atom is -0.480 e. The van der Waals surface area contributed by atoms with Crippen LogP contribution in [0.15, 0.2) is 16.6 Å². The summed E-state index contributed by atoms with van der Waals surface area (Å²) in [5, 5.41) is 9.18. The molecule has 0 radical (unpaired) electrons. The molecule has 0 aliphatic carbocycles. The Morgan fingerprint density at radius 3 is 2.72 bits per heavy atom. The van der Waals surface area contributed by atoms with Crippen molar-refractivity contribution >= 4 is 32.8 Å². The van der Waals surface area contributed by atoms with Crippen LogP contribution in [0.3, 0.4) is 0 Å². The summed E-state index contributed by atoms with van der Waals surface area (Å²) in [7, 11) is 1.32. The van der Waals surface area contributed by atoms with Crippen molar-refractivity contribution in [3.8, 4) is 5.88 Å². The number of carbonyl (C=O) groups is 1. The molecule has 6 heteroatoms. The van der Waals surface area contributed by atoms with Gasteiger partial charge in [0, 0.05) is 5.39 Å². The van der Waals surface area contributed by atoms with E-state index >= 15 is 0 Å². The van der Waals surface area contributed by atoms with Gasteiger partial charge in [0.2, 0.25) is 5.88 Å². The van der Waals surface area contributed by atoms with Crippen LogP contribution in [-0.2, 0) is 0 Å². The molecule has 0 unspecified atom stereocenters. The highest BCUT2D eigenvalue weighted by Gasteiger charge is 2.18. The summed E-state index contributed by atoms with van der Waals surface area (Å²) in [6, 6.07) is 2.82. The number of aromatic carboxylic acids is 1. The maximum Gasteiger partial charge on any atom is 0.341 e. The van der Waals surface area contributed by atoms with Crippen LogP contribution in [0.25, 0.3) is 10.9 Å². The molecule has 2 rings (SSSR count). The van der Waals surface area contributed by atoms with E-state index in [2.05, 4.69) is 20.9 Å². The van der Waals surface area contributed by atoms with Gasteiger partial charge < -0.3 is 9.84 Å². The third-order valence-corrected chi connectivity index (χ3v) is 3.15. The first-order chi connectivity index (χ1) is 8.45. The van der Waals surface area contributed by atoms with E-state index in [0.29, 0.717) is 5.52 Å². The zero-order chi connectivity index (χ0) is 13.4. The lowest BCUT2D eigenvalue weighted by molar-refractivity contribution is 0.0692. The number of methoxy groups -OCH3 is 1. The molecule has 0 aliphatic rings. The van der Waals surface area contributed by atoms with Gasteiger partial charge in [-0.15, -0.1) is 0 Å². The van der Waals surface area contributed by atoms with Crippen LogP contribution in [0.5, 0.6) is 5.88 Å². The number of halogens is 2. The largest absolute Gasteiger partial charge is 0.480 e. The van der Waals surface area contributed by atoms with Crippen LogP contribution in [0.4, 0.5) is 4.39 Å². The van der Waals surface area contributed by atoms with Crippen molar-refractivity contribution in [2.45, 2.75) is 6.92 Å². The van der Waals surface area contributed by atoms with E-state index in [9.17, 15) is 9.18 Å². The number of nitrogens with zero attached hydrogens (tertiary/aromatic N) is 1. The Bertz CT molecular complexity index is 658. The maximum absolute atomic E-state index is 13.9. The number of hydrogen-bond donors (Lipinski definition) is 1.